The molecule has 1 atom stereocenters. The number of hydrogen-bond acceptors (Lipinski definition) is 2. The van der Waals surface area contributed by atoms with Gasteiger partial charge in [-0.1, -0.05) is 6.08 Å². The van der Waals surface area contributed by atoms with Crippen LogP contribution in [0.4, 0.5) is 4.39 Å². The van der Waals surface area contributed by atoms with Gasteiger partial charge in [-0.15, -0.1) is 6.58 Å². The number of aromatic nitrogens is 1. The lowest BCUT2D eigenvalue weighted by molar-refractivity contribution is 0.545. The summed E-state index contributed by atoms with van der Waals surface area (Å²) in [5.41, 5.74) is 6.11. The molecule has 0 aliphatic carbocycles. The maximum Gasteiger partial charge on any atom is 0.217 e. The third kappa shape index (κ3) is 2.60. The van der Waals surface area contributed by atoms with Gasteiger partial charge in [-0.3, -0.25) is 0 Å². The van der Waals surface area contributed by atoms with Gasteiger partial charge in [-0.2, -0.15) is 4.39 Å². The first-order chi connectivity index (χ1) is 6.15. The van der Waals surface area contributed by atoms with Crippen molar-refractivity contribution in [3.8, 4) is 0 Å². The summed E-state index contributed by atoms with van der Waals surface area (Å²) in [7, 11) is 0. The van der Waals surface area contributed by atoms with E-state index in [1.54, 1.807) is 12.1 Å². The van der Waals surface area contributed by atoms with E-state index in [2.05, 4.69) is 27.5 Å². The first-order valence-corrected chi connectivity index (χ1v) is 4.62. The van der Waals surface area contributed by atoms with Crippen LogP contribution >= 0.6 is 15.9 Å². The molecule has 13 heavy (non-hydrogen) atoms. The molecule has 0 saturated carbocycles. The van der Waals surface area contributed by atoms with Crippen LogP contribution in [0, 0.1) is 5.95 Å². The first kappa shape index (κ1) is 10.3. The second kappa shape index (κ2) is 4.48. The van der Waals surface area contributed by atoms with Crippen LogP contribution in [0.1, 0.15) is 18.0 Å². The number of halogens is 2. The van der Waals surface area contributed by atoms with Crippen molar-refractivity contribution in [3.05, 3.63) is 40.9 Å². The summed E-state index contributed by atoms with van der Waals surface area (Å²) in [5, 5.41) is 0. The van der Waals surface area contributed by atoms with Crippen molar-refractivity contribution in [1.82, 2.24) is 4.98 Å². The van der Waals surface area contributed by atoms with E-state index >= 15 is 0 Å². The van der Waals surface area contributed by atoms with Gasteiger partial charge in [0.2, 0.25) is 5.95 Å². The molecule has 70 valence electrons. The second-order valence-corrected chi connectivity index (χ2v) is 3.58. The minimum Gasteiger partial charge on any atom is -0.324 e. The maximum absolute atomic E-state index is 13.1. The maximum atomic E-state index is 13.1. The molecule has 0 amide bonds. The Kier molecular flexibility index (Phi) is 3.57. The Labute approximate surface area is 84.8 Å². The lowest BCUT2D eigenvalue weighted by atomic mass is 10.1. The summed E-state index contributed by atoms with van der Waals surface area (Å²) in [6.45, 7) is 3.54. The van der Waals surface area contributed by atoms with Gasteiger partial charge in [0.1, 0.15) is 0 Å². The summed E-state index contributed by atoms with van der Waals surface area (Å²) < 4.78 is 13.8. The highest BCUT2D eigenvalue weighted by molar-refractivity contribution is 9.10. The van der Waals surface area contributed by atoms with Crippen molar-refractivity contribution < 1.29 is 4.39 Å². The van der Waals surface area contributed by atoms with Crippen molar-refractivity contribution in [1.29, 1.82) is 0 Å². The topological polar surface area (TPSA) is 38.9 Å². The highest BCUT2D eigenvalue weighted by Crippen LogP contribution is 2.20. The quantitative estimate of drug-likeness (QED) is 0.656. The molecule has 1 heterocycles. The molecule has 0 aromatic carbocycles. The van der Waals surface area contributed by atoms with E-state index in [9.17, 15) is 4.39 Å². The molecule has 0 aliphatic heterocycles. The largest absolute Gasteiger partial charge is 0.324 e. The predicted molar refractivity (Wildman–Crippen MR) is 53.6 cm³/mol. The molecular formula is C9H10BrFN2. The average molecular weight is 245 g/mol. The van der Waals surface area contributed by atoms with E-state index in [0.29, 0.717) is 12.0 Å². The molecule has 1 rings (SSSR count). The molecule has 0 aliphatic rings. The average Bonchev–Trinajstić information content (AvgIpc) is 2.09. The molecule has 1 aromatic rings. The summed E-state index contributed by atoms with van der Waals surface area (Å²) in [6.07, 6.45) is 3.60. The van der Waals surface area contributed by atoms with Crippen LogP contribution in [0.5, 0.6) is 0 Å². The molecule has 0 bridgehead atoms. The summed E-state index contributed by atoms with van der Waals surface area (Å²) >= 11 is 3.21. The Morgan fingerprint density at radius 3 is 3.08 bits per heavy atom. The molecule has 1 aromatic heterocycles. The van der Waals surface area contributed by atoms with Gasteiger partial charge in [0.25, 0.3) is 0 Å². The fraction of sp³-hybridized carbons (Fsp3) is 0.222. The van der Waals surface area contributed by atoms with E-state index in [4.69, 9.17) is 5.73 Å². The van der Waals surface area contributed by atoms with E-state index < -0.39 is 5.95 Å². The van der Waals surface area contributed by atoms with Gasteiger partial charge in [-0.25, -0.2) is 4.98 Å². The van der Waals surface area contributed by atoms with Gasteiger partial charge in [0.05, 0.1) is 0 Å². The summed E-state index contributed by atoms with van der Waals surface area (Å²) in [4.78, 5) is 3.55. The van der Waals surface area contributed by atoms with Crippen LogP contribution in [-0.2, 0) is 0 Å². The Balaban J connectivity index is 2.97. The SMILES string of the molecule is C=CC[C@H](N)c1cc(Br)cnc1F. The molecule has 0 spiro atoms. The van der Waals surface area contributed by atoms with Gasteiger partial charge in [-0.05, 0) is 28.4 Å². The zero-order valence-corrected chi connectivity index (χ0v) is 8.59. The van der Waals surface area contributed by atoms with Gasteiger partial charge in [0.15, 0.2) is 0 Å². The standard InChI is InChI=1S/C9H10BrFN2/c1-2-3-8(12)7-4-6(10)5-13-9(7)11/h2,4-5,8H,1,3,12H2/t8-/m0/s1. The Hall–Kier alpha value is -0.740. The van der Waals surface area contributed by atoms with Gasteiger partial charge in [0, 0.05) is 22.3 Å². The lowest BCUT2D eigenvalue weighted by Crippen LogP contribution is -2.11. The smallest absolute Gasteiger partial charge is 0.217 e. The van der Waals surface area contributed by atoms with Crippen LogP contribution in [0.15, 0.2) is 29.4 Å². The molecule has 0 saturated heterocycles. The third-order valence-electron chi connectivity index (χ3n) is 1.65. The Bertz CT molecular complexity index is 314. The van der Waals surface area contributed by atoms with Crippen LogP contribution in [0.2, 0.25) is 0 Å². The summed E-state index contributed by atoms with van der Waals surface area (Å²) in [5.74, 6) is -0.516. The van der Waals surface area contributed by atoms with Crippen molar-refractivity contribution in [2.75, 3.05) is 0 Å². The van der Waals surface area contributed by atoms with Crippen LogP contribution in [0.3, 0.4) is 0 Å². The van der Waals surface area contributed by atoms with Gasteiger partial charge < -0.3 is 5.73 Å². The molecule has 0 fully saturated rings. The Morgan fingerprint density at radius 1 is 1.77 bits per heavy atom. The third-order valence-corrected chi connectivity index (χ3v) is 2.09. The summed E-state index contributed by atoms with van der Waals surface area (Å²) in [6, 6.07) is 1.26. The molecule has 4 heteroatoms. The first-order valence-electron chi connectivity index (χ1n) is 3.82. The zero-order valence-electron chi connectivity index (χ0n) is 7.00. The van der Waals surface area contributed by atoms with Crippen molar-refractivity contribution in [2.24, 2.45) is 5.73 Å². The van der Waals surface area contributed by atoms with Crippen molar-refractivity contribution in [2.45, 2.75) is 12.5 Å². The molecule has 0 unspecified atom stereocenters. The normalized spacial score (nSPS) is 12.5. The lowest BCUT2D eigenvalue weighted by Gasteiger charge is -2.09. The molecule has 2 N–H and O–H groups in total. The van der Waals surface area contributed by atoms with E-state index in [0.717, 1.165) is 4.47 Å². The molecule has 0 radical (unpaired) electrons. The minimum atomic E-state index is -0.516. The number of nitrogens with two attached hydrogens (primary N) is 1. The zero-order chi connectivity index (χ0) is 9.84. The van der Waals surface area contributed by atoms with E-state index in [1.165, 1.54) is 6.20 Å². The fourth-order valence-corrected chi connectivity index (χ4v) is 1.35. The van der Waals surface area contributed by atoms with E-state index in [-0.39, 0.29) is 6.04 Å². The van der Waals surface area contributed by atoms with Crippen molar-refractivity contribution >= 4 is 15.9 Å². The fourth-order valence-electron chi connectivity index (χ4n) is 1.00. The molecular weight excluding hydrogens is 235 g/mol. The Morgan fingerprint density at radius 2 is 2.46 bits per heavy atom. The number of hydrogen-bond donors (Lipinski definition) is 1. The van der Waals surface area contributed by atoms with Crippen LogP contribution in [0.25, 0.3) is 0 Å². The minimum absolute atomic E-state index is 0.373. The number of pyridine rings is 1. The molecule has 2 nitrogen and oxygen atoms in total. The van der Waals surface area contributed by atoms with Crippen LogP contribution in [-0.4, -0.2) is 4.98 Å². The predicted octanol–water partition coefficient (Wildman–Crippen LogP) is 2.56. The van der Waals surface area contributed by atoms with Gasteiger partial charge >= 0.3 is 0 Å². The number of rotatable bonds is 3. The van der Waals surface area contributed by atoms with Crippen molar-refractivity contribution in [3.63, 3.8) is 0 Å². The van der Waals surface area contributed by atoms with Crippen LogP contribution < -0.4 is 5.73 Å². The second-order valence-electron chi connectivity index (χ2n) is 2.66. The monoisotopic (exact) mass is 244 g/mol. The van der Waals surface area contributed by atoms with E-state index in [1.807, 2.05) is 0 Å². The number of nitrogens with zero attached hydrogens (tertiary/aromatic N) is 1. The highest BCUT2D eigenvalue weighted by Gasteiger charge is 2.11. The highest BCUT2D eigenvalue weighted by atomic mass is 79.9.